The second kappa shape index (κ2) is 6.42. The molecule has 0 fully saturated rings. The van der Waals surface area contributed by atoms with Gasteiger partial charge in [0.15, 0.2) is 0 Å². The maximum absolute atomic E-state index is 12.4. The summed E-state index contributed by atoms with van der Waals surface area (Å²) in [5.74, 6) is 0. The van der Waals surface area contributed by atoms with Crippen LogP contribution in [0, 0.1) is 0 Å². The highest BCUT2D eigenvalue weighted by atomic mass is 79.9. The average Bonchev–Trinajstić information content (AvgIpc) is 2.42. The molecule has 0 spiro atoms. The van der Waals surface area contributed by atoms with Gasteiger partial charge in [-0.05, 0) is 32.4 Å². The Bertz CT molecular complexity index is 737. The van der Waals surface area contributed by atoms with Crippen LogP contribution < -0.4 is 10.5 Å². The average molecular weight is 385 g/mol. The molecule has 0 bridgehead atoms. The van der Waals surface area contributed by atoms with E-state index in [9.17, 15) is 4.79 Å². The van der Waals surface area contributed by atoms with E-state index in [4.69, 9.17) is 11.6 Å². The molecule has 0 aliphatic carbocycles. The number of hydrogen-bond donors (Lipinski definition) is 0. The van der Waals surface area contributed by atoms with Crippen molar-refractivity contribution in [3.05, 3.63) is 55.9 Å². The van der Waals surface area contributed by atoms with Gasteiger partial charge in [-0.2, -0.15) is 5.10 Å². The highest BCUT2D eigenvalue weighted by Crippen LogP contribution is 2.25. The van der Waals surface area contributed by atoms with E-state index in [1.165, 1.54) is 4.68 Å². The van der Waals surface area contributed by atoms with Gasteiger partial charge in [-0.25, -0.2) is 4.68 Å². The van der Waals surface area contributed by atoms with Crippen molar-refractivity contribution in [3.63, 3.8) is 0 Å². The largest absolute Gasteiger partial charge is 0.368 e. The first kappa shape index (κ1) is 17.0. The minimum absolute atomic E-state index is 0.194. The van der Waals surface area contributed by atoms with E-state index in [-0.39, 0.29) is 10.6 Å². The summed E-state index contributed by atoms with van der Waals surface area (Å²) in [4.78, 5) is 14.3. The van der Waals surface area contributed by atoms with Crippen molar-refractivity contribution < 1.29 is 0 Å². The summed E-state index contributed by atoms with van der Waals surface area (Å²) in [5.41, 5.74) is 1.06. The van der Waals surface area contributed by atoms with Gasteiger partial charge in [0, 0.05) is 18.1 Å². The Hall–Kier alpha value is -1.33. The van der Waals surface area contributed by atoms with Crippen LogP contribution in [0.15, 0.2) is 39.7 Å². The van der Waals surface area contributed by atoms with Gasteiger partial charge in [-0.15, -0.1) is 0 Å². The summed E-state index contributed by atoms with van der Waals surface area (Å²) in [7, 11) is 1.89. The summed E-state index contributed by atoms with van der Waals surface area (Å²) in [6.07, 6.45) is 1.64. The second-order valence-corrected chi connectivity index (χ2v) is 7.41. The number of benzene rings is 1. The second-order valence-electron chi connectivity index (χ2n) is 6.18. The van der Waals surface area contributed by atoms with E-state index in [0.717, 1.165) is 10.0 Å². The molecule has 2 rings (SSSR count). The lowest BCUT2D eigenvalue weighted by atomic mass is 10.1. The Morgan fingerprint density at radius 3 is 2.55 bits per heavy atom. The molecule has 22 heavy (non-hydrogen) atoms. The summed E-state index contributed by atoms with van der Waals surface area (Å²) in [5, 5.41) is 4.46. The van der Waals surface area contributed by atoms with Crippen LogP contribution in [0.25, 0.3) is 0 Å². The lowest BCUT2D eigenvalue weighted by molar-refractivity contribution is 0.338. The normalized spacial score (nSPS) is 11.5. The van der Waals surface area contributed by atoms with Crippen molar-refractivity contribution in [1.29, 1.82) is 0 Å². The van der Waals surface area contributed by atoms with Crippen LogP contribution >= 0.6 is 27.5 Å². The van der Waals surface area contributed by atoms with Crippen LogP contribution in [0.2, 0.25) is 5.02 Å². The molecule has 0 amide bonds. The van der Waals surface area contributed by atoms with E-state index in [1.54, 1.807) is 6.20 Å². The highest BCUT2D eigenvalue weighted by Gasteiger charge is 2.20. The van der Waals surface area contributed by atoms with Gasteiger partial charge in [-0.3, -0.25) is 4.79 Å². The molecular formula is C16H19BrClN3O. The van der Waals surface area contributed by atoms with Crippen LogP contribution in [0.4, 0.5) is 5.69 Å². The molecule has 0 saturated carbocycles. The van der Waals surface area contributed by atoms with Gasteiger partial charge in [0.05, 0.1) is 17.4 Å². The number of halogens is 2. The number of hydrogen-bond acceptors (Lipinski definition) is 3. The number of nitrogens with zero attached hydrogens (tertiary/aromatic N) is 3. The fourth-order valence-corrected chi connectivity index (χ4v) is 2.82. The standard InChI is InChI=1S/C16H19BrClN3O/c1-16(2,3)21-15(22)14(18)13(9-19-21)20(4)10-11-7-5-6-8-12(11)17/h5-9H,10H2,1-4H3. The van der Waals surface area contributed by atoms with Crippen molar-refractivity contribution in [3.8, 4) is 0 Å². The van der Waals surface area contributed by atoms with E-state index in [1.807, 2.05) is 57.0 Å². The van der Waals surface area contributed by atoms with E-state index >= 15 is 0 Å². The zero-order valence-electron chi connectivity index (χ0n) is 13.1. The molecule has 0 N–H and O–H groups in total. The smallest absolute Gasteiger partial charge is 0.288 e. The topological polar surface area (TPSA) is 38.1 Å². The van der Waals surface area contributed by atoms with Crippen LogP contribution in [-0.4, -0.2) is 16.8 Å². The maximum atomic E-state index is 12.4. The monoisotopic (exact) mass is 383 g/mol. The lowest BCUT2D eigenvalue weighted by Crippen LogP contribution is -2.37. The number of aromatic nitrogens is 2. The van der Waals surface area contributed by atoms with Crippen LogP contribution in [0.1, 0.15) is 26.3 Å². The molecule has 1 aromatic carbocycles. The van der Waals surface area contributed by atoms with E-state index in [0.29, 0.717) is 12.2 Å². The molecule has 1 aromatic heterocycles. The van der Waals surface area contributed by atoms with Crippen LogP contribution in [0.5, 0.6) is 0 Å². The van der Waals surface area contributed by atoms with Crippen molar-refractivity contribution in [1.82, 2.24) is 9.78 Å². The quantitative estimate of drug-likeness (QED) is 0.801. The van der Waals surface area contributed by atoms with Gasteiger partial charge in [-0.1, -0.05) is 45.7 Å². The van der Waals surface area contributed by atoms with Crippen LogP contribution in [-0.2, 0) is 12.1 Å². The highest BCUT2D eigenvalue weighted by molar-refractivity contribution is 9.10. The van der Waals surface area contributed by atoms with Gasteiger partial charge < -0.3 is 4.90 Å². The third-order valence-corrected chi connectivity index (χ3v) is 4.44. The Kier molecular flexibility index (Phi) is 4.97. The first-order valence-electron chi connectivity index (χ1n) is 6.94. The molecule has 0 atom stereocenters. The van der Waals surface area contributed by atoms with E-state index < -0.39 is 5.54 Å². The molecule has 1 heterocycles. The molecule has 0 aliphatic rings. The Labute approximate surface area is 143 Å². The number of rotatable bonds is 3. The third kappa shape index (κ3) is 3.52. The van der Waals surface area contributed by atoms with Crippen molar-refractivity contribution >= 4 is 33.2 Å². The molecule has 0 unspecified atom stereocenters. The van der Waals surface area contributed by atoms with Gasteiger partial charge in [0.25, 0.3) is 5.56 Å². The molecule has 0 radical (unpaired) electrons. The van der Waals surface area contributed by atoms with Gasteiger partial charge >= 0.3 is 0 Å². The fourth-order valence-electron chi connectivity index (χ4n) is 2.14. The van der Waals surface area contributed by atoms with Gasteiger partial charge in [0.1, 0.15) is 5.02 Å². The lowest BCUT2D eigenvalue weighted by Gasteiger charge is -2.24. The fraction of sp³-hybridized carbons (Fsp3) is 0.375. The maximum Gasteiger partial charge on any atom is 0.288 e. The van der Waals surface area contributed by atoms with Gasteiger partial charge in [0.2, 0.25) is 0 Å². The Morgan fingerprint density at radius 2 is 1.95 bits per heavy atom. The van der Waals surface area contributed by atoms with Crippen molar-refractivity contribution in [2.24, 2.45) is 0 Å². The molecular weight excluding hydrogens is 366 g/mol. The minimum atomic E-state index is -0.402. The summed E-state index contributed by atoms with van der Waals surface area (Å²) >= 11 is 9.81. The molecule has 0 aliphatic heterocycles. The van der Waals surface area contributed by atoms with E-state index in [2.05, 4.69) is 21.0 Å². The first-order valence-corrected chi connectivity index (χ1v) is 8.12. The molecule has 6 heteroatoms. The van der Waals surface area contributed by atoms with Crippen LogP contribution in [0.3, 0.4) is 0 Å². The third-order valence-electron chi connectivity index (χ3n) is 3.31. The predicted molar refractivity (Wildman–Crippen MR) is 94.8 cm³/mol. The SMILES string of the molecule is CN(Cc1ccccc1Br)c1cnn(C(C)(C)C)c(=O)c1Cl. The molecule has 118 valence electrons. The Balaban J connectivity index is 2.36. The molecule has 4 nitrogen and oxygen atoms in total. The summed E-state index contributed by atoms with van der Waals surface area (Å²) in [6, 6.07) is 7.96. The zero-order chi connectivity index (χ0) is 16.5. The first-order chi connectivity index (χ1) is 10.2. The summed E-state index contributed by atoms with van der Waals surface area (Å²) < 4.78 is 2.43. The molecule has 2 aromatic rings. The zero-order valence-corrected chi connectivity index (χ0v) is 15.4. The number of anilines is 1. The predicted octanol–water partition coefficient (Wildman–Crippen LogP) is 4.05. The minimum Gasteiger partial charge on any atom is -0.368 e. The summed E-state index contributed by atoms with van der Waals surface area (Å²) in [6.45, 7) is 6.38. The molecule has 0 saturated heterocycles. The Morgan fingerprint density at radius 1 is 1.32 bits per heavy atom. The van der Waals surface area contributed by atoms with Crippen molar-refractivity contribution in [2.45, 2.75) is 32.9 Å². The van der Waals surface area contributed by atoms with Crippen molar-refractivity contribution in [2.75, 3.05) is 11.9 Å².